The van der Waals surface area contributed by atoms with Gasteiger partial charge in [0.1, 0.15) is 5.75 Å². The number of halogens is 3. The van der Waals surface area contributed by atoms with Crippen molar-refractivity contribution in [2.45, 2.75) is 38.5 Å². The first-order chi connectivity index (χ1) is 9.97. The fourth-order valence-corrected chi connectivity index (χ4v) is 3.76. The van der Waals surface area contributed by atoms with Crippen LogP contribution in [0.4, 0.5) is 13.2 Å². The fraction of sp³-hybridized carbons (Fsp3) is 0.625. The molecule has 0 bridgehead atoms. The summed E-state index contributed by atoms with van der Waals surface area (Å²) in [6.07, 6.45) is 1.52. The second-order valence-electron chi connectivity index (χ2n) is 6.32. The first kappa shape index (κ1) is 14.7. The molecule has 0 amide bonds. The maximum atomic E-state index is 12.2. The molecule has 2 fully saturated rings. The molecule has 1 aliphatic heterocycles. The Labute approximate surface area is 122 Å². The van der Waals surface area contributed by atoms with Crippen molar-refractivity contribution in [1.82, 2.24) is 5.32 Å². The number of hydrogen-bond acceptors (Lipinski definition) is 2. The molecule has 1 aliphatic carbocycles. The molecule has 1 N–H and O–H groups in total. The molecule has 0 aromatic heterocycles. The molecule has 5 heteroatoms. The van der Waals surface area contributed by atoms with Crippen LogP contribution in [0.3, 0.4) is 0 Å². The smallest absolute Gasteiger partial charge is 0.406 e. The molecule has 0 atom stereocenters. The summed E-state index contributed by atoms with van der Waals surface area (Å²) < 4.78 is 40.4. The number of benzene rings is 1. The van der Waals surface area contributed by atoms with Crippen LogP contribution >= 0.6 is 0 Å². The summed E-state index contributed by atoms with van der Waals surface area (Å²) in [4.78, 5) is 0. The van der Waals surface area contributed by atoms with Gasteiger partial charge in [-0.1, -0.05) is 25.0 Å². The molecule has 1 saturated carbocycles. The van der Waals surface area contributed by atoms with Crippen LogP contribution in [-0.2, 0) is 6.42 Å². The number of rotatable bonds is 4. The molecule has 2 nitrogen and oxygen atoms in total. The van der Waals surface area contributed by atoms with Crippen LogP contribution in [0, 0.1) is 11.3 Å². The average Bonchev–Trinajstić information content (AvgIpc) is 2.88. The quantitative estimate of drug-likeness (QED) is 0.910. The highest BCUT2D eigenvalue weighted by atomic mass is 19.4. The molecule has 116 valence electrons. The minimum Gasteiger partial charge on any atom is -0.406 e. The van der Waals surface area contributed by atoms with Gasteiger partial charge >= 0.3 is 6.36 Å². The topological polar surface area (TPSA) is 21.3 Å². The summed E-state index contributed by atoms with van der Waals surface area (Å²) in [7, 11) is 0. The standard InChI is InChI=1S/C16H20F3NO/c17-16(18,19)21-14-7-5-12(6-8-14)9-15(10-20-11-15)13-3-1-2-4-13/h5-8,13,20H,1-4,9-11H2. The highest BCUT2D eigenvalue weighted by Gasteiger charge is 2.44. The fourth-order valence-electron chi connectivity index (χ4n) is 3.76. The lowest BCUT2D eigenvalue weighted by atomic mass is 9.66. The van der Waals surface area contributed by atoms with Gasteiger partial charge in [0.05, 0.1) is 0 Å². The zero-order valence-electron chi connectivity index (χ0n) is 11.9. The van der Waals surface area contributed by atoms with Gasteiger partial charge in [-0.15, -0.1) is 13.2 Å². The van der Waals surface area contributed by atoms with E-state index in [1.807, 2.05) is 0 Å². The molecular formula is C16H20F3NO. The van der Waals surface area contributed by atoms with Gasteiger partial charge in [0.15, 0.2) is 0 Å². The third kappa shape index (κ3) is 3.34. The van der Waals surface area contributed by atoms with Gasteiger partial charge in [0.2, 0.25) is 0 Å². The molecule has 2 aliphatic rings. The Morgan fingerprint density at radius 1 is 1.10 bits per heavy atom. The largest absolute Gasteiger partial charge is 0.573 e. The molecule has 1 saturated heterocycles. The normalized spacial score (nSPS) is 22.0. The number of alkyl halides is 3. The number of hydrogen-bond donors (Lipinski definition) is 1. The van der Waals surface area contributed by atoms with E-state index in [2.05, 4.69) is 10.1 Å². The van der Waals surface area contributed by atoms with Crippen molar-refractivity contribution in [3.8, 4) is 5.75 Å². The highest BCUT2D eigenvalue weighted by Crippen LogP contribution is 2.45. The Hall–Kier alpha value is -1.23. The molecule has 0 unspecified atom stereocenters. The van der Waals surface area contributed by atoms with Gasteiger partial charge in [-0.3, -0.25) is 0 Å². The molecule has 1 heterocycles. The second kappa shape index (κ2) is 5.52. The van der Waals surface area contributed by atoms with Crippen molar-refractivity contribution in [3.05, 3.63) is 29.8 Å². The van der Waals surface area contributed by atoms with Crippen LogP contribution < -0.4 is 10.1 Å². The van der Waals surface area contributed by atoms with E-state index in [1.54, 1.807) is 12.1 Å². The van der Waals surface area contributed by atoms with Crippen LogP contribution in [0.25, 0.3) is 0 Å². The maximum absolute atomic E-state index is 12.2. The number of nitrogens with one attached hydrogen (secondary N) is 1. The predicted octanol–water partition coefficient (Wildman–Crippen LogP) is 3.91. The Morgan fingerprint density at radius 3 is 2.19 bits per heavy atom. The minimum atomic E-state index is -4.62. The van der Waals surface area contributed by atoms with Gasteiger partial charge in [0, 0.05) is 18.5 Å². The van der Waals surface area contributed by atoms with E-state index in [1.165, 1.54) is 37.8 Å². The number of ether oxygens (including phenoxy) is 1. The molecule has 21 heavy (non-hydrogen) atoms. The molecule has 0 spiro atoms. The van der Waals surface area contributed by atoms with Gasteiger partial charge in [-0.25, -0.2) is 0 Å². The first-order valence-corrected chi connectivity index (χ1v) is 7.52. The summed E-state index contributed by atoms with van der Waals surface area (Å²) in [6, 6.07) is 6.35. The zero-order valence-corrected chi connectivity index (χ0v) is 11.9. The molecule has 1 aromatic carbocycles. The monoisotopic (exact) mass is 299 g/mol. The Bertz CT molecular complexity index is 473. The lowest BCUT2D eigenvalue weighted by molar-refractivity contribution is -0.274. The summed E-state index contributed by atoms with van der Waals surface area (Å²) in [6.45, 7) is 2.05. The Balaban J connectivity index is 1.67. The van der Waals surface area contributed by atoms with Gasteiger partial charge in [-0.2, -0.15) is 0 Å². The van der Waals surface area contributed by atoms with Crippen LogP contribution in [0.2, 0.25) is 0 Å². The Morgan fingerprint density at radius 2 is 1.71 bits per heavy atom. The van der Waals surface area contributed by atoms with E-state index >= 15 is 0 Å². The highest BCUT2D eigenvalue weighted by molar-refractivity contribution is 5.29. The van der Waals surface area contributed by atoms with Crippen LogP contribution in [0.15, 0.2) is 24.3 Å². The van der Waals surface area contributed by atoms with E-state index in [-0.39, 0.29) is 5.75 Å². The SMILES string of the molecule is FC(F)(F)Oc1ccc(CC2(C3CCCC3)CNC2)cc1. The minimum absolute atomic E-state index is 0.145. The van der Waals surface area contributed by atoms with Crippen molar-refractivity contribution in [3.63, 3.8) is 0 Å². The van der Waals surface area contributed by atoms with E-state index in [4.69, 9.17) is 0 Å². The molecule has 0 radical (unpaired) electrons. The molecule has 1 aromatic rings. The van der Waals surface area contributed by atoms with E-state index < -0.39 is 6.36 Å². The molecular weight excluding hydrogens is 279 g/mol. The molecule has 3 rings (SSSR count). The third-order valence-corrected chi connectivity index (χ3v) is 4.89. The summed E-state index contributed by atoms with van der Waals surface area (Å²) in [5, 5.41) is 3.37. The van der Waals surface area contributed by atoms with Crippen molar-refractivity contribution >= 4 is 0 Å². The van der Waals surface area contributed by atoms with Crippen LogP contribution in [0.1, 0.15) is 31.2 Å². The summed E-state index contributed by atoms with van der Waals surface area (Å²) >= 11 is 0. The summed E-state index contributed by atoms with van der Waals surface area (Å²) in [5.74, 6) is 0.609. The lowest BCUT2D eigenvalue weighted by Gasteiger charge is -2.48. The average molecular weight is 299 g/mol. The van der Waals surface area contributed by atoms with Gasteiger partial charge in [-0.05, 0) is 42.9 Å². The van der Waals surface area contributed by atoms with Crippen molar-refractivity contribution < 1.29 is 17.9 Å². The van der Waals surface area contributed by atoms with E-state index in [9.17, 15) is 13.2 Å². The van der Waals surface area contributed by atoms with Gasteiger partial charge in [0.25, 0.3) is 0 Å². The van der Waals surface area contributed by atoms with Crippen LogP contribution in [-0.4, -0.2) is 19.5 Å². The Kier molecular flexibility index (Phi) is 3.86. The van der Waals surface area contributed by atoms with Crippen molar-refractivity contribution in [2.24, 2.45) is 11.3 Å². The first-order valence-electron chi connectivity index (χ1n) is 7.52. The predicted molar refractivity (Wildman–Crippen MR) is 74.1 cm³/mol. The summed E-state index contributed by atoms with van der Waals surface area (Å²) in [5.41, 5.74) is 1.40. The zero-order chi connectivity index (χ0) is 14.9. The van der Waals surface area contributed by atoms with Crippen molar-refractivity contribution in [1.29, 1.82) is 0 Å². The van der Waals surface area contributed by atoms with Crippen LogP contribution in [0.5, 0.6) is 5.75 Å². The van der Waals surface area contributed by atoms with E-state index in [0.29, 0.717) is 5.41 Å². The van der Waals surface area contributed by atoms with Gasteiger partial charge < -0.3 is 10.1 Å². The third-order valence-electron chi connectivity index (χ3n) is 4.89. The second-order valence-corrected chi connectivity index (χ2v) is 6.32. The van der Waals surface area contributed by atoms with E-state index in [0.717, 1.165) is 31.0 Å². The van der Waals surface area contributed by atoms with Crippen molar-refractivity contribution in [2.75, 3.05) is 13.1 Å². The lowest BCUT2D eigenvalue weighted by Crippen LogP contribution is -2.58. The maximum Gasteiger partial charge on any atom is 0.573 e.